The predicted octanol–water partition coefficient (Wildman–Crippen LogP) is 2.28. The van der Waals surface area contributed by atoms with Crippen LogP contribution in [-0.4, -0.2) is 20.7 Å². The number of rotatable bonds is 2. The van der Waals surface area contributed by atoms with E-state index in [-0.39, 0.29) is 5.91 Å². The lowest BCUT2D eigenvalue weighted by Gasteiger charge is -2.02. The fourth-order valence-corrected chi connectivity index (χ4v) is 2.26. The maximum Gasteiger partial charge on any atom is 0.257 e. The Morgan fingerprint density at radius 1 is 1.39 bits per heavy atom. The number of nitrogens with one attached hydrogen (secondary N) is 1. The number of benzene rings is 1. The summed E-state index contributed by atoms with van der Waals surface area (Å²) in [5.74, 6) is -0.169. The second-order valence-electron chi connectivity index (χ2n) is 3.90. The highest BCUT2D eigenvalue weighted by Gasteiger charge is 2.09. The van der Waals surface area contributed by atoms with Crippen LogP contribution >= 0.6 is 11.3 Å². The number of anilines is 1. The lowest BCUT2D eigenvalue weighted by molar-refractivity contribution is 0.102. The molecule has 1 aromatic carbocycles. The third-order valence-corrected chi connectivity index (χ3v) is 3.33. The van der Waals surface area contributed by atoms with E-state index in [4.69, 9.17) is 0 Å². The molecule has 1 amide bonds. The van der Waals surface area contributed by atoms with Crippen molar-refractivity contribution in [2.75, 3.05) is 5.32 Å². The molecule has 0 saturated carbocycles. The molecule has 5 nitrogen and oxygen atoms in total. The molecule has 0 unspecified atom stereocenters. The molecule has 2 heterocycles. The number of aryl methyl sites for hydroxylation is 1. The average Bonchev–Trinajstić information content (AvgIpc) is 2.99. The first-order valence-electron chi connectivity index (χ1n) is 5.36. The van der Waals surface area contributed by atoms with E-state index in [1.165, 1.54) is 11.3 Å². The van der Waals surface area contributed by atoms with Gasteiger partial charge in [-0.1, -0.05) is 11.3 Å². The van der Waals surface area contributed by atoms with Crippen molar-refractivity contribution >= 4 is 33.3 Å². The van der Waals surface area contributed by atoms with Crippen LogP contribution in [0.3, 0.4) is 0 Å². The molecule has 3 rings (SSSR count). The molecule has 3 aromatic rings. The van der Waals surface area contributed by atoms with Crippen LogP contribution in [-0.2, 0) is 7.05 Å². The molecule has 0 spiro atoms. The van der Waals surface area contributed by atoms with Crippen molar-refractivity contribution in [2.45, 2.75) is 0 Å². The van der Waals surface area contributed by atoms with Crippen molar-refractivity contribution in [2.24, 2.45) is 7.05 Å². The summed E-state index contributed by atoms with van der Waals surface area (Å²) in [6.07, 6.45) is 1.97. The van der Waals surface area contributed by atoms with E-state index in [1.54, 1.807) is 11.6 Å². The first-order chi connectivity index (χ1) is 8.74. The Morgan fingerprint density at radius 3 is 3.06 bits per heavy atom. The molecule has 0 bridgehead atoms. The number of hydrogen-bond donors (Lipinski definition) is 1. The summed E-state index contributed by atoms with van der Waals surface area (Å²) in [7, 11) is 1.98. The summed E-state index contributed by atoms with van der Waals surface area (Å²) >= 11 is 1.30. The highest BCUT2D eigenvalue weighted by atomic mass is 32.1. The lowest BCUT2D eigenvalue weighted by Crippen LogP contribution is -2.11. The van der Waals surface area contributed by atoms with Gasteiger partial charge in [0.05, 0.1) is 0 Å². The van der Waals surface area contributed by atoms with Crippen LogP contribution < -0.4 is 5.32 Å². The number of nitrogens with zero attached hydrogens (tertiary/aromatic N) is 3. The van der Waals surface area contributed by atoms with Crippen molar-refractivity contribution in [3.05, 3.63) is 41.5 Å². The smallest absolute Gasteiger partial charge is 0.257 e. The monoisotopic (exact) mass is 258 g/mol. The third kappa shape index (κ3) is 1.86. The van der Waals surface area contributed by atoms with Crippen LogP contribution in [0.5, 0.6) is 0 Å². The molecule has 2 aromatic heterocycles. The van der Waals surface area contributed by atoms with Crippen molar-refractivity contribution in [1.29, 1.82) is 0 Å². The van der Waals surface area contributed by atoms with Crippen LogP contribution in [0, 0.1) is 0 Å². The molecule has 1 N–H and O–H groups in total. The molecule has 0 radical (unpaired) electrons. The average molecular weight is 258 g/mol. The summed E-state index contributed by atoms with van der Waals surface area (Å²) in [6.45, 7) is 0. The first-order valence-corrected chi connectivity index (χ1v) is 6.24. The molecular weight excluding hydrogens is 248 g/mol. The molecule has 0 fully saturated rings. The van der Waals surface area contributed by atoms with Gasteiger partial charge in [-0.15, -0.1) is 10.2 Å². The number of hydrogen-bond acceptors (Lipinski definition) is 4. The zero-order valence-corrected chi connectivity index (χ0v) is 10.4. The maximum atomic E-state index is 12.0. The van der Waals surface area contributed by atoms with Gasteiger partial charge >= 0.3 is 0 Å². The Balaban J connectivity index is 1.92. The molecule has 18 heavy (non-hydrogen) atoms. The summed E-state index contributed by atoms with van der Waals surface area (Å²) in [4.78, 5) is 12.0. The number of amides is 1. The molecule has 0 saturated heterocycles. The van der Waals surface area contributed by atoms with E-state index >= 15 is 0 Å². The third-order valence-electron chi connectivity index (χ3n) is 2.73. The zero-order chi connectivity index (χ0) is 12.5. The maximum absolute atomic E-state index is 12.0. The van der Waals surface area contributed by atoms with Crippen LogP contribution in [0.25, 0.3) is 10.9 Å². The van der Waals surface area contributed by atoms with Gasteiger partial charge in [0, 0.05) is 29.7 Å². The number of carbonyl (C=O) groups excluding carboxylic acids is 1. The van der Waals surface area contributed by atoms with Gasteiger partial charge < -0.3 is 4.57 Å². The molecule has 0 aliphatic heterocycles. The van der Waals surface area contributed by atoms with Gasteiger partial charge in [-0.3, -0.25) is 10.1 Å². The summed E-state index contributed by atoms with van der Waals surface area (Å²) < 4.78 is 2.02. The van der Waals surface area contributed by atoms with E-state index in [1.807, 2.05) is 36.0 Å². The largest absolute Gasteiger partial charge is 0.351 e. The van der Waals surface area contributed by atoms with Gasteiger partial charge in [-0.05, 0) is 24.3 Å². The molecule has 6 heteroatoms. The summed E-state index contributed by atoms with van der Waals surface area (Å²) in [5, 5.41) is 11.7. The van der Waals surface area contributed by atoms with Gasteiger partial charge in [0.2, 0.25) is 5.13 Å². The van der Waals surface area contributed by atoms with Crippen molar-refractivity contribution in [1.82, 2.24) is 14.8 Å². The number of fused-ring (bicyclic) bond motifs is 1. The molecule has 0 aliphatic carbocycles. The van der Waals surface area contributed by atoms with E-state index in [9.17, 15) is 4.79 Å². The minimum atomic E-state index is -0.169. The minimum Gasteiger partial charge on any atom is -0.351 e. The van der Waals surface area contributed by atoms with E-state index in [2.05, 4.69) is 15.5 Å². The standard InChI is InChI=1S/C12H10N4OS/c1-16-5-4-8-6-9(2-3-10(8)16)11(17)14-12-15-13-7-18-12/h2-7H,1H3,(H,14,15,17). The fraction of sp³-hybridized carbons (Fsp3) is 0.0833. The normalized spacial score (nSPS) is 10.7. The molecule has 0 atom stereocenters. The highest BCUT2D eigenvalue weighted by Crippen LogP contribution is 2.18. The molecular formula is C12H10N4OS. The van der Waals surface area contributed by atoms with E-state index in [0.717, 1.165) is 10.9 Å². The Morgan fingerprint density at radius 2 is 2.28 bits per heavy atom. The topological polar surface area (TPSA) is 59.8 Å². The van der Waals surface area contributed by atoms with Gasteiger partial charge in [0.15, 0.2) is 0 Å². The van der Waals surface area contributed by atoms with E-state index < -0.39 is 0 Å². The van der Waals surface area contributed by atoms with Crippen molar-refractivity contribution in [3.8, 4) is 0 Å². The predicted molar refractivity (Wildman–Crippen MR) is 70.8 cm³/mol. The Labute approximate surface area is 107 Å². The van der Waals surface area contributed by atoms with E-state index in [0.29, 0.717) is 10.7 Å². The Hall–Kier alpha value is -2.21. The van der Waals surface area contributed by atoms with Crippen LogP contribution in [0.4, 0.5) is 5.13 Å². The zero-order valence-electron chi connectivity index (χ0n) is 9.62. The highest BCUT2D eigenvalue weighted by molar-refractivity contribution is 7.13. The Bertz CT molecular complexity index is 702. The number of carbonyl (C=O) groups is 1. The SMILES string of the molecule is Cn1ccc2cc(C(=O)Nc3nncs3)ccc21. The quantitative estimate of drug-likeness (QED) is 0.767. The van der Waals surface area contributed by atoms with Gasteiger partial charge in [0.1, 0.15) is 5.51 Å². The van der Waals surface area contributed by atoms with Crippen molar-refractivity contribution in [3.63, 3.8) is 0 Å². The number of aromatic nitrogens is 3. The summed E-state index contributed by atoms with van der Waals surface area (Å²) in [5.41, 5.74) is 3.29. The van der Waals surface area contributed by atoms with Gasteiger partial charge in [0.25, 0.3) is 5.91 Å². The first kappa shape index (κ1) is 10.9. The molecule has 0 aliphatic rings. The summed E-state index contributed by atoms with van der Waals surface area (Å²) in [6, 6.07) is 7.59. The van der Waals surface area contributed by atoms with Gasteiger partial charge in [-0.2, -0.15) is 0 Å². The van der Waals surface area contributed by atoms with Crippen LogP contribution in [0.2, 0.25) is 0 Å². The molecule has 90 valence electrons. The Kier molecular flexibility index (Phi) is 2.56. The fourth-order valence-electron chi connectivity index (χ4n) is 1.82. The van der Waals surface area contributed by atoms with Crippen LogP contribution in [0.15, 0.2) is 36.0 Å². The lowest BCUT2D eigenvalue weighted by atomic mass is 10.1. The second kappa shape index (κ2) is 4.23. The second-order valence-corrected chi connectivity index (χ2v) is 4.73. The van der Waals surface area contributed by atoms with Gasteiger partial charge in [-0.25, -0.2) is 0 Å². The van der Waals surface area contributed by atoms with Crippen molar-refractivity contribution < 1.29 is 4.79 Å². The van der Waals surface area contributed by atoms with Crippen LogP contribution in [0.1, 0.15) is 10.4 Å². The minimum absolute atomic E-state index is 0.169.